The minimum atomic E-state index is -0.0183. The Morgan fingerprint density at radius 3 is 1.70 bits per heavy atom. The Morgan fingerprint density at radius 1 is 0.565 bits per heavy atom. The molecule has 4 nitrogen and oxygen atoms in total. The maximum absolute atomic E-state index is 5.89. The first-order valence-electron chi connectivity index (χ1n) is 9.78. The number of rotatable bonds is 10. The summed E-state index contributed by atoms with van der Waals surface area (Å²) in [6.07, 6.45) is 10.7. The fourth-order valence-corrected chi connectivity index (χ4v) is 3.30. The Bertz CT molecular complexity index is 281. The van der Waals surface area contributed by atoms with E-state index in [2.05, 4.69) is 13.8 Å². The molecule has 4 heteroatoms. The summed E-state index contributed by atoms with van der Waals surface area (Å²) < 4.78 is 23.3. The zero-order valence-electron chi connectivity index (χ0n) is 15.1. The van der Waals surface area contributed by atoms with Gasteiger partial charge in [-0.15, -0.1) is 0 Å². The quantitative estimate of drug-likeness (QED) is 0.553. The van der Waals surface area contributed by atoms with Gasteiger partial charge in [-0.05, 0) is 25.7 Å². The Kier molecular flexibility index (Phi) is 9.50. The van der Waals surface area contributed by atoms with Crippen molar-refractivity contribution < 1.29 is 18.9 Å². The first-order chi connectivity index (χ1) is 11.3. The molecule has 0 radical (unpaired) electrons. The van der Waals surface area contributed by atoms with E-state index in [0.717, 1.165) is 52.1 Å². The number of unbranched alkanes of at least 4 members (excludes halogenated alkanes) is 3. The van der Waals surface area contributed by atoms with Crippen LogP contribution in [0.5, 0.6) is 0 Å². The third kappa shape index (κ3) is 7.51. The van der Waals surface area contributed by atoms with Gasteiger partial charge >= 0.3 is 0 Å². The van der Waals surface area contributed by atoms with E-state index in [1.165, 1.54) is 32.1 Å². The minimum absolute atomic E-state index is 0.0183. The lowest BCUT2D eigenvalue weighted by atomic mass is 10.0. The van der Waals surface area contributed by atoms with Crippen molar-refractivity contribution in [3.8, 4) is 0 Å². The predicted octanol–water partition coefficient (Wildman–Crippen LogP) is 4.52. The minimum Gasteiger partial charge on any atom is -0.352 e. The Labute approximate surface area is 142 Å². The van der Waals surface area contributed by atoms with Gasteiger partial charge < -0.3 is 18.9 Å². The monoisotopic (exact) mass is 328 g/mol. The topological polar surface area (TPSA) is 36.9 Å². The molecule has 0 atom stereocenters. The highest BCUT2D eigenvalue weighted by atomic mass is 16.7. The maximum Gasteiger partial charge on any atom is 0.157 e. The number of ether oxygens (including phenoxy) is 4. The smallest absolute Gasteiger partial charge is 0.157 e. The van der Waals surface area contributed by atoms with E-state index in [-0.39, 0.29) is 12.6 Å². The average molecular weight is 328 g/mol. The molecule has 2 heterocycles. The van der Waals surface area contributed by atoms with Crippen molar-refractivity contribution in [2.45, 2.75) is 84.2 Å². The number of hydrogen-bond acceptors (Lipinski definition) is 4. The molecule has 136 valence electrons. The van der Waals surface area contributed by atoms with Crippen molar-refractivity contribution in [1.82, 2.24) is 0 Å². The molecule has 0 saturated carbocycles. The fraction of sp³-hybridized carbons (Fsp3) is 1.00. The molecule has 2 saturated heterocycles. The summed E-state index contributed by atoms with van der Waals surface area (Å²) in [5.41, 5.74) is 0. The number of hydrogen-bond donors (Lipinski definition) is 0. The van der Waals surface area contributed by atoms with E-state index in [1.54, 1.807) is 0 Å². The van der Waals surface area contributed by atoms with Crippen LogP contribution in [-0.2, 0) is 18.9 Å². The van der Waals surface area contributed by atoms with E-state index in [0.29, 0.717) is 11.8 Å². The summed E-state index contributed by atoms with van der Waals surface area (Å²) in [4.78, 5) is 0. The van der Waals surface area contributed by atoms with Gasteiger partial charge in [0.05, 0.1) is 26.4 Å². The third-order valence-electron chi connectivity index (χ3n) is 4.87. The van der Waals surface area contributed by atoms with Crippen LogP contribution in [0, 0.1) is 11.8 Å². The third-order valence-corrected chi connectivity index (χ3v) is 4.87. The van der Waals surface area contributed by atoms with Crippen LogP contribution in [-0.4, -0.2) is 39.0 Å². The van der Waals surface area contributed by atoms with Crippen LogP contribution in [0.15, 0.2) is 0 Å². The Morgan fingerprint density at radius 2 is 1.13 bits per heavy atom. The molecule has 0 aliphatic carbocycles. The lowest BCUT2D eigenvalue weighted by molar-refractivity contribution is -0.219. The maximum atomic E-state index is 5.89. The van der Waals surface area contributed by atoms with E-state index in [1.807, 2.05) is 0 Å². The average Bonchev–Trinajstić information content (AvgIpc) is 2.59. The van der Waals surface area contributed by atoms with Gasteiger partial charge in [-0.3, -0.25) is 0 Å². The summed E-state index contributed by atoms with van der Waals surface area (Å²) in [5, 5.41) is 0. The highest BCUT2D eigenvalue weighted by molar-refractivity contribution is 4.68. The molecule has 0 spiro atoms. The van der Waals surface area contributed by atoms with Crippen LogP contribution in [0.25, 0.3) is 0 Å². The van der Waals surface area contributed by atoms with Gasteiger partial charge in [-0.1, -0.05) is 46.0 Å². The van der Waals surface area contributed by atoms with E-state index < -0.39 is 0 Å². The van der Waals surface area contributed by atoms with Gasteiger partial charge in [0.1, 0.15) is 0 Å². The van der Waals surface area contributed by atoms with Crippen molar-refractivity contribution in [3.05, 3.63) is 0 Å². The SMILES string of the molecule is CCCCCC[C@H]1CO[C@H](CC[C@H]2CO[C@H](CCC)OC2)OC1. The summed E-state index contributed by atoms with van der Waals surface area (Å²) in [5.74, 6) is 1.08. The zero-order valence-corrected chi connectivity index (χ0v) is 15.1. The van der Waals surface area contributed by atoms with Crippen LogP contribution >= 0.6 is 0 Å². The Balaban J connectivity index is 1.50. The molecule has 0 aromatic rings. The first-order valence-corrected chi connectivity index (χ1v) is 9.78. The van der Waals surface area contributed by atoms with Gasteiger partial charge in [0.25, 0.3) is 0 Å². The fourth-order valence-electron chi connectivity index (χ4n) is 3.30. The summed E-state index contributed by atoms with van der Waals surface area (Å²) in [6, 6.07) is 0. The molecule has 23 heavy (non-hydrogen) atoms. The summed E-state index contributed by atoms with van der Waals surface area (Å²) >= 11 is 0. The molecule has 2 aliphatic heterocycles. The molecule has 0 N–H and O–H groups in total. The van der Waals surface area contributed by atoms with Crippen LogP contribution in [0.4, 0.5) is 0 Å². The molecule has 2 rings (SSSR count). The van der Waals surface area contributed by atoms with Crippen molar-refractivity contribution in [2.24, 2.45) is 11.8 Å². The van der Waals surface area contributed by atoms with Crippen LogP contribution in [0.2, 0.25) is 0 Å². The van der Waals surface area contributed by atoms with Crippen molar-refractivity contribution in [3.63, 3.8) is 0 Å². The highest BCUT2D eigenvalue weighted by Crippen LogP contribution is 2.24. The molecule has 0 amide bonds. The van der Waals surface area contributed by atoms with Gasteiger partial charge in [0.2, 0.25) is 0 Å². The second-order valence-electron chi connectivity index (χ2n) is 7.14. The molecule has 0 aromatic heterocycles. The molecule has 0 aromatic carbocycles. The highest BCUT2D eigenvalue weighted by Gasteiger charge is 2.25. The van der Waals surface area contributed by atoms with E-state index >= 15 is 0 Å². The van der Waals surface area contributed by atoms with Crippen molar-refractivity contribution in [1.29, 1.82) is 0 Å². The Hall–Kier alpha value is -0.160. The van der Waals surface area contributed by atoms with E-state index in [4.69, 9.17) is 18.9 Å². The molecule has 2 fully saturated rings. The van der Waals surface area contributed by atoms with Crippen LogP contribution in [0.3, 0.4) is 0 Å². The van der Waals surface area contributed by atoms with Crippen molar-refractivity contribution >= 4 is 0 Å². The molecule has 0 unspecified atom stereocenters. The summed E-state index contributed by atoms with van der Waals surface area (Å²) in [6.45, 7) is 7.78. The van der Waals surface area contributed by atoms with Gasteiger partial charge in [-0.25, -0.2) is 0 Å². The molecular formula is C19H36O4. The zero-order chi connectivity index (χ0) is 16.3. The van der Waals surface area contributed by atoms with Gasteiger partial charge in [0.15, 0.2) is 12.6 Å². The largest absolute Gasteiger partial charge is 0.352 e. The van der Waals surface area contributed by atoms with Crippen LogP contribution < -0.4 is 0 Å². The molecule has 2 aliphatic rings. The van der Waals surface area contributed by atoms with Gasteiger partial charge in [-0.2, -0.15) is 0 Å². The lowest BCUT2D eigenvalue weighted by Crippen LogP contribution is -2.35. The molecule has 0 bridgehead atoms. The predicted molar refractivity (Wildman–Crippen MR) is 91.3 cm³/mol. The second-order valence-corrected chi connectivity index (χ2v) is 7.14. The van der Waals surface area contributed by atoms with E-state index in [9.17, 15) is 0 Å². The normalized spacial score (nSPS) is 32.1. The first kappa shape index (κ1) is 19.2. The van der Waals surface area contributed by atoms with Gasteiger partial charge in [0, 0.05) is 11.8 Å². The summed E-state index contributed by atoms with van der Waals surface area (Å²) in [7, 11) is 0. The van der Waals surface area contributed by atoms with Crippen LogP contribution in [0.1, 0.15) is 71.6 Å². The second kappa shape index (κ2) is 11.4. The molecular weight excluding hydrogens is 292 g/mol. The standard InChI is InChI=1S/C19H36O4/c1-3-5-6-7-9-16-12-22-19(23-13-16)11-10-17-14-20-18(8-4-2)21-15-17/h16-19H,3-15H2,1-2H3/t16-,17-,18-,19-. The lowest BCUT2D eigenvalue weighted by Gasteiger charge is -2.32. The van der Waals surface area contributed by atoms with Crippen molar-refractivity contribution in [2.75, 3.05) is 26.4 Å².